The third-order valence-electron chi connectivity index (χ3n) is 7.33. The Balaban J connectivity index is 1.23. The Hall–Kier alpha value is -3.26. The Morgan fingerprint density at radius 1 is 1.23 bits per heavy atom. The summed E-state index contributed by atoms with van der Waals surface area (Å²) in [5.41, 5.74) is 4.20. The summed E-state index contributed by atoms with van der Waals surface area (Å²) >= 11 is 1.73. The molecular formula is C27H30N6OS. The SMILES string of the molecule is CCSc1nc2ccccc2n1CCC(=O)N1CCC(C)C(n2ccc3cnc4[nH]ccc4c32)C1. The van der Waals surface area contributed by atoms with Gasteiger partial charge in [-0.3, -0.25) is 4.79 Å². The zero-order valence-electron chi connectivity index (χ0n) is 20.1. The zero-order valence-corrected chi connectivity index (χ0v) is 21.0. The first kappa shape index (κ1) is 22.2. The van der Waals surface area contributed by atoms with Crippen molar-refractivity contribution in [2.24, 2.45) is 5.92 Å². The normalized spacial score (nSPS) is 18.7. The second-order valence-corrected chi connectivity index (χ2v) is 10.6. The molecule has 0 spiro atoms. The Labute approximate surface area is 208 Å². The van der Waals surface area contributed by atoms with Crippen molar-refractivity contribution in [2.45, 2.75) is 44.4 Å². The van der Waals surface area contributed by atoms with E-state index >= 15 is 0 Å². The molecule has 1 aliphatic heterocycles. The molecule has 5 aromatic rings. The van der Waals surface area contributed by atoms with Crippen LogP contribution in [0.4, 0.5) is 0 Å². The van der Waals surface area contributed by atoms with Gasteiger partial charge in [0.2, 0.25) is 5.91 Å². The Morgan fingerprint density at radius 3 is 3.00 bits per heavy atom. The fourth-order valence-corrected chi connectivity index (χ4v) is 6.21. The Morgan fingerprint density at radius 2 is 2.11 bits per heavy atom. The van der Waals surface area contributed by atoms with Crippen LogP contribution >= 0.6 is 11.8 Å². The fraction of sp³-hybridized carbons (Fsp3) is 0.370. The number of pyridine rings is 1. The van der Waals surface area contributed by atoms with E-state index in [4.69, 9.17) is 4.98 Å². The monoisotopic (exact) mass is 486 g/mol. The summed E-state index contributed by atoms with van der Waals surface area (Å²) in [4.78, 5) is 28.0. The van der Waals surface area contributed by atoms with E-state index in [-0.39, 0.29) is 11.9 Å². The molecule has 4 aromatic heterocycles. The Bertz CT molecular complexity index is 1510. The number of piperidine rings is 1. The summed E-state index contributed by atoms with van der Waals surface area (Å²) in [6.45, 7) is 6.65. The number of benzene rings is 1. The van der Waals surface area contributed by atoms with Crippen molar-refractivity contribution >= 4 is 50.6 Å². The van der Waals surface area contributed by atoms with Gasteiger partial charge < -0.3 is 19.0 Å². The zero-order chi connectivity index (χ0) is 23.9. The van der Waals surface area contributed by atoms with Crippen molar-refractivity contribution in [1.29, 1.82) is 0 Å². The molecule has 0 bridgehead atoms. The maximum Gasteiger partial charge on any atom is 0.224 e. The highest BCUT2D eigenvalue weighted by Gasteiger charge is 2.31. The van der Waals surface area contributed by atoms with Gasteiger partial charge in [0.15, 0.2) is 5.16 Å². The van der Waals surface area contributed by atoms with E-state index in [1.54, 1.807) is 11.8 Å². The number of thioether (sulfide) groups is 1. The van der Waals surface area contributed by atoms with Crippen molar-refractivity contribution < 1.29 is 4.79 Å². The van der Waals surface area contributed by atoms with Crippen LogP contribution in [0.5, 0.6) is 0 Å². The average Bonchev–Trinajstić information content (AvgIpc) is 3.59. The minimum Gasteiger partial charge on any atom is -0.346 e. The second kappa shape index (κ2) is 9.07. The lowest BCUT2D eigenvalue weighted by molar-refractivity contribution is -0.133. The third-order valence-corrected chi connectivity index (χ3v) is 8.19. The van der Waals surface area contributed by atoms with Gasteiger partial charge in [-0.05, 0) is 42.4 Å². The molecule has 180 valence electrons. The van der Waals surface area contributed by atoms with Crippen LogP contribution in [0.2, 0.25) is 0 Å². The van der Waals surface area contributed by atoms with E-state index in [9.17, 15) is 4.79 Å². The number of carbonyl (C=O) groups is 1. The number of aromatic nitrogens is 5. The molecule has 0 radical (unpaired) electrons. The molecule has 35 heavy (non-hydrogen) atoms. The van der Waals surface area contributed by atoms with Crippen molar-refractivity contribution in [3.63, 3.8) is 0 Å². The van der Waals surface area contributed by atoms with E-state index in [0.29, 0.717) is 18.9 Å². The van der Waals surface area contributed by atoms with Gasteiger partial charge in [-0.15, -0.1) is 0 Å². The molecule has 8 heteroatoms. The van der Waals surface area contributed by atoms with Crippen molar-refractivity contribution in [2.75, 3.05) is 18.8 Å². The van der Waals surface area contributed by atoms with Gasteiger partial charge >= 0.3 is 0 Å². The number of nitrogens with one attached hydrogen (secondary N) is 1. The number of aryl methyl sites for hydroxylation is 1. The second-order valence-electron chi connectivity index (χ2n) is 9.42. The number of carbonyl (C=O) groups excluding carboxylic acids is 1. The number of nitrogens with zero attached hydrogens (tertiary/aromatic N) is 5. The molecule has 1 fully saturated rings. The predicted molar refractivity (Wildman–Crippen MR) is 142 cm³/mol. The predicted octanol–water partition coefficient (Wildman–Crippen LogP) is 5.48. The summed E-state index contributed by atoms with van der Waals surface area (Å²) in [6.07, 6.45) is 7.53. The van der Waals surface area contributed by atoms with Gasteiger partial charge in [-0.2, -0.15) is 0 Å². The molecule has 1 aliphatic rings. The summed E-state index contributed by atoms with van der Waals surface area (Å²) in [7, 11) is 0. The number of likely N-dealkylation sites (tertiary alicyclic amines) is 1. The van der Waals surface area contributed by atoms with Gasteiger partial charge in [-0.25, -0.2) is 9.97 Å². The summed E-state index contributed by atoms with van der Waals surface area (Å²) in [6, 6.07) is 12.7. The van der Waals surface area contributed by atoms with Crippen LogP contribution < -0.4 is 0 Å². The van der Waals surface area contributed by atoms with Crippen LogP contribution in [0.15, 0.2) is 60.1 Å². The molecule has 5 heterocycles. The quantitative estimate of drug-likeness (QED) is 0.323. The molecule has 6 rings (SSSR count). The standard InChI is InChI=1S/C27H30N6OS/c1-3-35-27-30-21-6-4-5-7-22(21)33(27)15-11-24(34)31-13-9-18(2)23(17-31)32-14-10-19-16-29-26-20(25(19)32)8-12-28-26/h4-8,10,12,14,16,18,23H,3,9,11,13,15,17H2,1-2H3,(H,28,29). The van der Waals surface area contributed by atoms with E-state index in [2.05, 4.69) is 62.2 Å². The number of para-hydroxylation sites is 2. The Kier molecular flexibility index (Phi) is 5.76. The minimum absolute atomic E-state index is 0.219. The number of H-pyrrole nitrogens is 1. The van der Waals surface area contributed by atoms with Crippen molar-refractivity contribution in [3.8, 4) is 0 Å². The first-order valence-electron chi connectivity index (χ1n) is 12.4. The van der Waals surface area contributed by atoms with Crippen LogP contribution in [-0.2, 0) is 11.3 Å². The van der Waals surface area contributed by atoms with Crippen molar-refractivity contribution in [3.05, 3.63) is 55.0 Å². The van der Waals surface area contributed by atoms with E-state index < -0.39 is 0 Å². The van der Waals surface area contributed by atoms with Crippen LogP contribution in [-0.4, -0.2) is 53.7 Å². The molecular weight excluding hydrogens is 456 g/mol. The molecule has 1 saturated heterocycles. The average molecular weight is 487 g/mol. The highest BCUT2D eigenvalue weighted by Crippen LogP contribution is 2.34. The molecule has 1 amide bonds. The van der Waals surface area contributed by atoms with Gasteiger partial charge in [0, 0.05) is 55.4 Å². The number of rotatable bonds is 6. The number of hydrogen-bond donors (Lipinski definition) is 1. The number of imidazole rings is 1. The van der Waals surface area contributed by atoms with Crippen LogP contribution in [0.1, 0.15) is 32.7 Å². The first-order chi connectivity index (χ1) is 17.1. The highest BCUT2D eigenvalue weighted by molar-refractivity contribution is 7.99. The molecule has 1 aromatic carbocycles. The van der Waals surface area contributed by atoms with Gasteiger partial charge in [-0.1, -0.05) is 37.7 Å². The summed E-state index contributed by atoms with van der Waals surface area (Å²) in [5, 5.41) is 3.27. The lowest BCUT2D eigenvalue weighted by atomic mass is 9.92. The fourth-order valence-electron chi connectivity index (χ4n) is 5.44. The molecule has 7 nitrogen and oxygen atoms in total. The molecule has 1 N–H and O–H groups in total. The van der Waals surface area contributed by atoms with Crippen LogP contribution in [0, 0.1) is 5.92 Å². The van der Waals surface area contributed by atoms with Crippen LogP contribution in [0.25, 0.3) is 33.0 Å². The van der Waals surface area contributed by atoms with Gasteiger partial charge in [0.25, 0.3) is 0 Å². The smallest absolute Gasteiger partial charge is 0.224 e. The van der Waals surface area contributed by atoms with E-state index in [1.807, 2.05) is 30.6 Å². The van der Waals surface area contributed by atoms with Gasteiger partial charge in [0.1, 0.15) is 5.65 Å². The van der Waals surface area contributed by atoms with E-state index in [0.717, 1.165) is 57.9 Å². The summed E-state index contributed by atoms with van der Waals surface area (Å²) in [5.74, 6) is 1.66. The third kappa shape index (κ3) is 3.89. The highest BCUT2D eigenvalue weighted by atomic mass is 32.2. The summed E-state index contributed by atoms with van der Waals surface area (Å²) < 4.78 is 4.58. The molecule has 0 saturated carbocycles. The number of hydrogen-bond acceptors (Lipinski definition) is 4. The lowest BCUT2D eigenvalue weighted by Crippen LogP contribution is -2.44. The largest absolute Gasteiger partial charge is 0.346 e. The van der Waals surface area contributed by atoms with Crippen LogP contribution in [0.3, 0.4) is 0 Å². The number of amides is 1. The molecule has 2 unspecified atom stereocenters. The van der Waals surface area contributed by atoms with Gasteiger partial charge in [0.05, 0.1) is 22.6 Å². The molecule has 2 atom stereocenters. The maximum atomic E-state index is 13.4. The lowest BCUT2D eigenvalue weighted by Gasteiger charge is -2.38. The van der Waals surface area contributed by atoms with E-state index in [1.165, 1.54) is 5.52 Å². The molecule has 0 aliphatic carbocycles. The maximum absolute atomic E-state index is 13.4. The minimum atomic E-state index is 0.219. The number of aromatic amines is 1. The topological polar surface area (TPSA) is 71.7 Å². The number of fused-ring (bicyclic) bond motifs is 4. The van der Waals surface area contributed by atoms with Crippen molar-refractivity contribution in [1.82, 2.24) is 29.0 Å². The first-order valence-corrected chi connectivity index (χ1v) is 13.4.